The molecular formula is C21H24N2O3. The lowest BCUT2D eigenvalue weighted by atomic mass is 10.1. The Labute approximate surface area is 154 Å². The van der Waals surface area contributed by atoms with Gasteiger partial charge in [-0.25, -0.2) is 0 Å². The number of anilines is 1. The molecular weight excluding hydrogens is 328 g/mol. The van der Waals surface area contributed by atoms with Gasteiger partial charge in [-0.15, -0.1) is 0 Å². The highest BCUT2D eigenvalue weighted by molar-refractivity contribution is 6.01. The second kappa shape index (κ2) is 8.04. The highest BCUT2D eigenvalue weighted by atomic mass is 16.5. The summed E-state index contributed by atoms with van der Waals surface area (Å²) in [7, 11) is 1.59. The van der Waals surface area contributed by atoms with E-state index in [0.29, 0.717) is 31.7 Å². The molecule has 0 N–H and O–H groups in total. The van der Waals surface area contributed by atoms with Gasteiger partial charge in [0.2, 0.25) is 11.8 Å². The third-order valence-electron chi connectivity index (χ3n) is 4.82. The lowest BCUT2D eigenvalue weighted by molar-refractivity contribution is -0.140. The van der Waals surface area contributed by atoms with Crippen LogP contribution in [0.5, 0.6) is 5.75 Å². The van der Waals surface area contributed by atoms with Gasteiger partial charge in [-0.2, -0.15) is 0 Å². The van der Waals surface area contributed by atoms with Crippen molar-refractivity contribution in [1.82, 2.24) is 4.90 Å². The zero-order valence-electron chi connectivity index (χ0n) is 15.2. The molecule has 5 nitrogen and oxygen atoms in total. The third kappa shape index (κ3) is 3.72. The van der Waals surface area contributed by atoms with Crippen molar-refractivity contribution in [2.45, 2.75) is 25.8 Å². The summed E-state index contributed by atoms with van der Waals surface area (Å²) in [6.07, 6.45) is 1.10. The molecule has 1 aliphatic heterocycles. The fourth-order valence-electron chi connectivity index (χ4n) is 3.34. The molecule has 0 spiro atoms. The Bertz CT molecular complexity index is 776. The fourth-order valence-corrected chi connectivity index (χ4v) is 3.34. The second-order valence-corrected chi connectivity index (χ2v) is 6.41. The monoisotopic (exact) mass is 352 g/mol. The van der Waals surface area contributed by atoms with Crippen LogP contribution in [0.2, 0.25) is 0 Å². The van der Waals surface area contributed by atoms with Gasteiger partial charge in [0.05, 0.1) is 12.8 Å². The van der Waals surface area contributed by atoms with E-state index in [9.17, 15) is 9.59 Å². The number of piperazine rings is 1. The van der Waals surface area contributed by atoms with Crippen molar-refractivity contribution in [2.75, 3.05) is 25.1 Å². The molecule has 2 amide bonds. The average molecular weight is 352 g/mol. The van der Waals surface area contributed by atoms with Crippen LogP contribution in [0.15, 0.2) is 54.6 Å². The van der Waals surface area contributed by atoms with Gasteiger partial charge in [-0.05, 0) is 31.0 Å². The summed E-state index contributed by atoms with van der Waals surface area (Å²) in [5.41, 5.74) is 1.88. The van der Waals surface area contributed by atoms with Crippen LogP contribution < -0.4 is 9.64 Å². The molecule has 1 unspecified atom stereocenters. The Balaban J connectivity index is 1.66. The first-order valence-corrected chi connectivity index (χ1v) is 8.89. The third-order valence-corrected chi connectivity index (χ3v) is 4.82. The van der Waals surface area contributed by atoms with Crippen molar-refractivity contribution in [3.8, 4) is 5.75 Å². The molecule has 3 rings (SSSR count). The number of ether oxygens (including phenoxy) is 1. The molecule has 0 aliphatic carbocycles. The van der Waals surface area contributed by atoms with E-state index in [1.54, 1.807) is 23.8 Å². The van der Waals surface area contributed by atoms with E-state index < -0.39 is 6.04 Å². The molecule has 5 heteroatoms. The molecule has 136 valence electrons. The number of hydrogen-bond donors (Lipinski definition) is 0. The molecule has 1 heterocycles. The minimum Gasteiger partial charge on any atom is -0.495 e. The van der Waals surface area contributed by atoms with Crippen LogP contribution in [-0.4, -0.2) is 43.0 Å². The lowest BCUT2D eigenvalue weighted by Gasteiger charge is -2.39. The predicted molar refractivity (Wildman–Crippen MR) is 101 cm³/mol. The van der Waals surface area contributed by atoms with E-state index in [4.69, 9.17) is 4.74 Å². The summed E-state index contributed by atoms with van der Waals surface area (Å²) in [6, 6.07) is 16.9. The molecule has 2 aromatic rings. The summed E-state index contributed by atoms with van der Waals surface area (Å²) in [6.45, 7) is 2.80. The Kier molecular flexibility index (Phi) is 5.56. The molecule has 1 fully saturated rings. The summed E-state index contributed by atoms with van der Waals surface area (Å²) < 4.78 is 5.37. The predicted octanol–water partition coefficient (Wildman–Crippen LogP) is 2.89. The van der Waals surface area contributed by atoms with E-state index in [1.165, 1.54) is 0 Å². The maximum absolute atomic E-state index is 12.9. The average Bonchev–Trinajstić information content (AvgIpc) is 2.69. The van der Waals surface area contributed by atoms with Crippen molar-refractivity contribution < 1.29 is 14.3 Å². The first-order valence-electron chi connectivity index (χ1n) is 8.89. The van der Waals surface area contributed by atoms with Crippen LogP contribution in [0, 0.1) is 0 Å². The summed E-state index contributed by atoms with van der Waals surface area (Å²) in [5.74, 6) is 0.611. The van der Waals surface area contributed by atoms with Gasteiger partial charge < -0.3 is 14.5 Å². The molecule has 0 aromatic heterocycles. The molecule has 0 saturated carbocycles. The largest absolute Gasteiger partial charge is 0.495 e. The first kappa shape index (κ1) is 18.0. The number of methoxy groups -OCH3 is 1. The Morgan fingerprint density at radius 3 is 2.50 bits per heavy atom. The number of para-hydroxylation sites is 2. The van der Waals surface area contributed by atoms with Crippen molar-refractivity contribution in [3.05, 3.63) is 60.2 Å². The van der Waals surface area contributed by atoms with Crippen LogP contribution in [0.1, 0.15) is 18.9 Å². The van der Waals surface area contributed by atoms with Crippen LogP contribution in [0.25, 0.3) is 0 Å². The normalized spacial score (nSPS) is 17.3. The van der Waals surface area contributed by atoms with Crippen LogP contribution in [0.4, 0.5) is 5.69 Å². The van der Waals surface area contributed by atoms with E-state index in [2.05, 4.69) is 0 Å². The molecule has 1 saturated heterocycles. The molecule has 0 bridgehead atoms. The zero-order chi connectivity index (χ0) is 18.5. The van der Waals surface area contributed by atoms with Crippen LogP contribution in [0.3, 0.4) is 0 Å². The van der Waals surface area contributed by atoms with Gasteiger partial charge in [0.25, 0.3) is 0 Å². The molecule has 2 aromatic carbocycles. The fraction of sp³-hybridized carbons (Fsp3) is 0.333. The number of nitrogens with zero attached hydrogens (tertiary/aromatic N) is 2. The number of aryl methyl sites for hydroxylation is 1. The van der Waals surface area contributed by atoms with E-state index >= 15 is 0 Å². The number of amides is 2. The molecule has 1 atom stereocenters. The lowest BCUT2D eigenvalue weighted by Crippen LogP contribution is -2.57. The van der Waals surface area contributed by atoms with Crippen molar-refractivity contribution in [3.63, 3.8) is 0 Å². The zero-order valence-corrected chi connectivity index (χ0v) is 15.2. The first-order chi connectivity index (χ1) is 12.6. The minimum absolute atomic E-state index is 0.0226. The SMILES string of the molecule is COc1ccccc1N1CCN(C(=O)CCc2ccccc2)C(C)C1=O. The van der Waals surface area contributed by atoms with Gasteiger partial charge >= 0.3 is 0 Å². The van der Waals surface area contributed by atoms with Crippen LogP contribution in [-0.2, 0) is 16.0 Å². The van der Waals surface area contributed by atoms with Gasteiger partial charge in [0, 0.05) is 19.5 Å². The van der Waals surface area contributed by atoms with E-state index in [0.717, 1.165) is 11.3 Å². The van der Waals surface area contributed by atoms with Crippen LogP contribution >= 0.6 is 0 Å². The summed E-state index contributed by atoms with van der Waals surface area (Å²) >= 11 is 0. The Morgan fingerprint density at radius 2 is 1.77 bits per heavy atom. The Morgan fingerprint density at radius 1 is 1.08 bits per heavy atom. The van der Waals surface area contributed by atoms with Crippen molar-refractivity contribution in [1.29, 1.82) is 0 Å². The quantitative estimate of drug-likeness (QED) is 0.831. The number of carbonyl (C=O) groups excluding carboxylic acids is 2. The number of benzene rings is 2. The van der Waals surface area contributed by atoms with E-state index in [-0.39, 0.29) is 11.8 Å². The number of hydrogen-bond acceptors (Lipinski definition) is 3. The molecule has 0 radical (unpaired) electrons. The van der Waals surface area contributed by atoms with Gasteiger partial charge in [0.1, 0.15) is 11.8 Å². The molecule has 26 heavy (non-hydrogen) atoms. The highest BCUT2D eigenvalue weighted by Crippen LogP contribution is 2.30. The summed E-state index contributed by atoms with van der Waals surface area (Å²) in [5, 5.41) is 0. The highest BCUT2D eigenvalue weighted by Gasteiger charge is 2.35. The van der Waals surface area contributed by atoms with Gasteiger partial charge in [-0.3, -0.25) is 9.59 Å². The Hall–Kier alpha value is -2.82. The summed E-state index contributed by atoms with van der Waals surface area (Å²) in [4.78, 5) is 28.9. The second-order valence-electron chi connectivity index (χ2n) is 6.41. The van der Waals surface area contributed by atoms with Crippen molar-refractivity contribution >= 4 is 17.5 Å². The number of rotatable bonds is 5. The van der Waals surface area contributed by atoms with Gasteiger partial charge in [0.15, 0.2) is 0 Å². The maximum Gasteiger partial charge on any atom is 0.249 e. The molecule has 1 aliphatic rings. The minimum atomic E-state index is -0.475. The topological polar surface area (TPSA) is 49.9 Å². The standard InChI is InChI=1S/C21H24N2O3/c1-16-21(25)23(18-10-6-7-11-19(18)26-2)15-14-22(16)20(24)13-12-17-8-4-3-5-9-17/h3-11,16H,12-15H2,1-2H3. The van der Waals surface area contributed by atoms with Crippen molar-refractivity contribution in [2.24, 2.45) is 0 Å². The maximum atomic E-state index is 12.9. The smallest absolute Gasteiger partial charge is 0.249 e. The van der Waals surface area contributed by atoms with Gasteiger partial charge in [-0.1, -0.05) is 42.5 Å². The number of carbonyl (C=O) groups is 2. The van der Waals surface area contributed by atoms with E-state index in [1.807, 2.05) is 54.6 Å².